The van der Waals surface area contributed by atoms with Crippen LogP contribution < -0.4 is 5.32 Å². The molecule has 0 atom stereocenters. The normalized spacial score (nSPS) is 11.8. The molecule has 9 heteroatoms. The minimum absolute atomic E-state index is 0.0371. The van der Waals surface area contributed by atoms with Crippen LogP contribution in [0.2, 0.25) is 5.02 Å². The summed E-state index contributed by atoms with van der Waals surface area (Å²) in [5, 5.41) is 9.39. The maximum absolute atomic E-state index is 12.7. The van der Waals surface area contributed by atoms with Gasteiger partial charge in [-0.15, -0.1) is 10.2 Å². The lowest BCUT2D eigenvalue weighted by Crippen LogP contribution is -2.14. The smallest absolute Gasteiger partial charge is 0.416 e. The number of carbonyl (C=O) groups is 1. The number of hydrogen-bond acceptors (Lipinski definition) is 4. The van der Waals surface area contributed by atoms with Crippen LogP contribution in [-0.2, 0) is 6.18 Å². The van der Waals surface area contributed by atoms with Crippen LogP contribution in [0, 0.1) is 0 Å². The number of benzene rings is 1. The summed E-state index contributed by atoms with van der Waals surface area (Å²) < 4.78 is 43.1. The van der Waals surface area contributed by atoms with E-state index in [1.54, 1.807) is 13.8 Å². The minimum Gasteiger partial charge on any atom is -0.417 e. The Labute approximate surface area is 128 Å². The number of aromatic nitrogens is 2. The lowest BCUT2D eigenvalue weighted by atomic mass is 10.2. The molecular weight excluding hydrogens is 323 g/mol. The van der Waals surface area contributed by atoms with Gasteiger partial charge in [-0.3, -0.25) is 4.79 Å². The molecule has 0 bridgehead atoms. The van der Waals surface area contributed by atoms with E-state index >= 15 is 0 Å². The Kier molecular flexibility index (Phi) is 4.41. The first-order chi connectivity index (χ1) is 10.2. The number of anilines is 1. The van der Waals surface area contributed by atoms with Crippen LogP contribution >= 0.6 is 11.6 Å². The molecule has 0 fully saturated rings. The van der Waals surface area contributed by atoms with Gasteiger partial charge in [0.1, 0.15) is 0 Å². The van der Waals surface area contributed by atoms with Crippen molar-refractivity contribution >= 4 is 23.2 Å². The Bertz CT molecular complexity index is 698. The molecule has 0 unspecified atom stereocenters. The molecule has 1 heterocycles. The monoisotopic (exact) mass is 333 g/mol. The van der Waals surface area contributed by atoms with Crippen LogP contribution in [-0.4, -0.2) is 16.1 Å². The van der Waals surface area contributed by atoms with Gasteiger partial charge in [0, 0.05) is 5.92 Å². The molecule has 0 saturated heterocycles. The summed E-state index contributed by atoms with van der Waals surface area (Å²) in [6.45, 7) is 3.58. The van der Waals surface area contributed by atoms with Gasteiger partial charge >= 0.3 is 18.0 Å². The van der Waals surface area contributed by atoms with E-state index in [0.29, 0.717) is 0 Å². The van der Waals surface area contributed by atoms with E-state index in [-0.39, 0.29) is 28.4 Å². The standard InChI is InChI=1S/C13H11ClF3N3O2/c1-6(2)11-19-20-12(22-11)10(21)18-9-5-7(13(15,16)17)3-4-8(9)14/h3-6H,1-2H3,(H,18,21). The molecule has 118 valence electrons. The minimum atomic E-state index is -4.54. The molecule has 1 N–H and O–H groups in total. The van der Waals surface area contributed by atoms with Gasteiger partial charge in [0.15, 0.2) is 0 Å². The molecule has 0 radical (unpaired) electrons. The Balaban J connectivity index is 2.24. The van der Waals surface area contributed by atoms with Gasteiger partial charge in [0.25, 0.3) is 0 Å². The second-order valence-electron chi connectivity index (χ2n) is 4.75. The van der Waals surface area contributed by atoms with Crippen molar-refractivity contribution in [2.75, 3.05) is 5.32 Å². The highest BCUT2D eigenvalue weighted by molar-refractivity contribution is 6.33. The molecule has 0 aliphatic rings. The van der Waals surface area contributed by atoms with E-state index in [4.69, 9.17) is 16.0 Å². The van der Waals surface area contributed by atoms with E-state index in [1.165, 1.54) is 0 Å². The van der Waals surface area contributed by atoms with Gasteiger partial charge in [-0.1, -0.05) is 25.4 Å². The van der Waals surface area contributed by atoms with Crippen molar-refractivity contribution in [3.05, 3.63) is 40.6 Å². The van der Waals surface area contributed by atoms with Crippen LogP contribution in [0.1, 0.15) is 41.9 Å². The zero-order valence-corrected chi connectivity index (χ0v) is 12.3. The van der Waals surface area contributed by atoms with E-state index in [1.807, 2.05) is 0 Å². The van der Waals surface area contributed by atoms with Crippen LogP contribution in [0.25, 0.3) is 0 Å². The fourth-order valence-corrected chi connectivity index (χ4v) is 1.70. The Hall–Kier alpha value is -2.09. The molecule has 5 nitrogen and oxygen atoms in total. The van der Waals surface area contributed by atoms with Crippen molar-refractivity contribution in [3.8, 4) is 0 Å². The highest BCUT2D eigenvalue weighted by Crippen LogP contribution is 2.33. The first-order valence-electron chi connectivity index (χ1n) is 6.20. The number of amides is 1. The number of nitrogens with one attached hydrogen (secondary N) is 1. The van der Waals surface area contributed by atoms with Crippen molar-refractivity contribution < 1.29 is 22.4 Å². The molecular formula is C13H11ClF3N3O2. The average molecular weight is 334 g/mol. The quantitative estimate of drug-likeness (QED) is 0.917. The second kappa shape index (κ2) is 5.96. The molecule has 0 spiro atoms. The molecule has 0 aliphatic carbocycles. The Morgan fingerprint density at radius 2 is 2.00 bits per heavy atom. The number of carbonyl (C=O) groups excluding carboxylic acids is 1. The molecule has 0 saturated carbocycles. The van der Waals surface area contributed by atoms with Crippen LogP contribution in [0.4, 0.5) is 18.9 Å². The van der Waals surface area contributed by atoms with Crippen molar-refractivity contribution in [3.63, 3.8) is 0 Å². The first-order valence-corrected chi connectivity index (χ1v) is 6.57. The lowest BCUT2D eigenvalue weighted by molar-refractivity contribution is -0.137. The summed E-state index contributed by atoms with van der Waals surface area (Å²) >= 11 is 5.78. The van der Waals surface area contributed by atoms with E-state index < -0.39 is 17.6 Å². The van der Waals surface area contributed by atoms with Gasteiger partial charge in [-0.05, 0) is 18.2 Å². The van der Waals surface area contributed by atoms with Gasteiger partial charge in [0.05, 0.1) is 16.3 Å². The van der Waals surface area contributed by atoms with Crippen molar-refractivity contribution in [1.82, 2.24) is 10.2 Å². The number of hydrogen-bond donors (Lipinski definition) is 1. The first kappa shape index (κ1) is 16.3. The molecule has 1 aromatic carbocycles. The number of rotatable bonds is 3. The molecule has 1 amide bonds. The maximum atomic E-state index is 12.7. The van der Waals surface area contributed by atoms with E-state index in [2.05, 4.69) is 15.5 Å². The van der Waals surface area contributed by atoms with Gasteiger partial charge in [-0.2, -0.15) is 13.2 Å². The third-order valence-electron chi connectivity index (χ3n) is 2.67. The lowest BCUT2D eigenvalue weighted by Gasteiger charge is -2.10. The summed E-state index contributed by atoms with van der Waals surface area (Å²) in [5.41, 5.74) is -1.12. The van der Waals surface area contributed by atoms with Crippen molar-refractivity contribution in [2.24, 2.45) is 0 Å². The third kappa shape index (κ3) is 3.56. The molecule has 1 aromatic heterocycles. The third-order valence-corrected chi connectivity index (χ3v) is 3.00. The van der Waals surface area contributed by atoms with Crippen molar-refractivity contribution in [2.45, 2.75) is 25.9 Å². The number of alkyl halides is 3. The highest BCUT2D eigenvalue weighted by atomic mass is 35.5. The van der Waals surface area contributed by atoms with E-state index in [0.717, 1.165) is 18.2 Å². The fourth-order valence-electron chi connectivity index (χ4n) is 1.53. The zero-order chi connectivity index (χ0) is 16.5. The summed E-state index contributed by atoms with van der Waals surface area (Å²) in [4.78, 5) is 11.9. The van der Waals surface area contributed by atoms with Crippen LogP contribution in [0.3, 0.4) is 0 Å². The summed E-state index contributed by atoms with van der Waals surface area (Å²) in [7, 11) is 0. The topological polar surface area (TPSA) is 68.0 Å². The van der Waals surface area contributed by atoms with Gasteiger partial charge < -0.3 is 9.73 Å². The zero-order valence-electron chi connectivity index (χ0n) is 11.5. The maximum Gasteiger partial charge on any atom is 0.416 e. The summed E-state index contributed by atoms with van der Waals surface area (Å²) in [5.74, 6) is -1.01. The molecule has 2 aromatic rings. The molecule has 2 rings (SSSR count). The summed E-state index contributed by atoms with van der Waals surface area (Å²) in [6.07, 6.45) is -4.54. The fraction of sp³-hybridized carbons (Fsp3) is 0.308. The largest absolute Gasteiger partial charge is 0.417 e. The number of nitrogens with zero attached hydrogens (tertiary/aromatic N) is 2. The van der Waals surface area contributed by atoms with Gasteiger partial charge in [0.2, 0.25) is 5.89 Å². The van der Waals surface area contributed by atoms with E-state index in [9.17, 15) is 18.0 Å². The molecule has 0 aliphatic heterocycles. The predicted molar refractivity (Wildman–Crippen MR) is 72.8 cm³/mol. The van der Waals surface area contributed by atoms with Gasteiger partial charge in [-0.25, -0.2) is 0 Å². The Morgan fingerprint density at radius 3 is 2.55 bits per heavy atom. The number of halogens is 4. The van der Waals surface area contributed by atoms with Crippen LogP contribution in [0.15, 0.2) is 22.6 Å². The Morgan fingerprint density at radius 1 is 1.32 bits per heavy atom. The highest BCUT2D eigenvalue weighted by Gasteiger charge is 2.31. The SMILES string of the molecule is CC(C)c1nnc(C(=O)Nc2cc(C(F)(F)F)ccc2Cl)o1. The summed E-state index contributed by atoms with van der Waals surface area (Å²) in [6, 6.07) is 2.61. The molecule has 22 heavy (non-hydrogen) atoms. The predicted octanol–water partition coefficient (Wildman–Crippen LogP) is 4.12. The second-order valence-corrected chi connectivity index (χ2v) is 5.15. The van der Waals surface area contributed by atoms with Crippen molar-refractivity contribution in [1.29, 1.82) is 0 Å². The van der Waals surface area contributed by atoms with Crippen LogP contribution in [0.5, 0.6) is 0 Å². The average Bonchev–Trinajstić information content (AvgIpc) is 2.89.